The Morgan fingerprint density at radius 1 is 1.36 bits per heavy atom. The molecule has 0 aliphatic heterocycles. The van der Waals surface area contributed by atoms with Gasteiger partial charge in [-0.25, -0.2) is 4.39 Å². The fourth-order valence-electron chi connectivity index (χ4n) is 0.965. The Kier molecular flexibility index (Phi) is 2.70. The van der Waals surface area contributed by atoms with Crippen LogP contribution in [0.4, 0.5) is 17.6 Å². The van der Waals surface area contributed by atoms with Crippen LogP contribution in [0.15, 0.2) is 12.4 Å². The molecule has 0 unspecified atom stereocenters. The number of alkyl halides is 3. The van der Waals surface area contributed by atoms with E-state index in [-0.39, 0.29) is 0 Å². The van der Waals surface area contributed by atoms with Crippen molar-refractivity contribution in [1.82, 2.24) is 4.98 Å². The minimum atomic E-state index is -4.68. The van der Waals surface area contributed by atoms with Crippen molar-refractivity contribution in [3.63, 3.8) is 0 Å². The Hall–Kier alpha value is -1.64. The van der Waals surface area contributed by atoms with Crippen molar-refractivity contribution >= 4 is 0 Å². The van der Waals surface area contributed by atoms with Crippen molar-refractivity contribution in [2.75, 3.05) is 0 Å². The summed E-state index contributed by atoms with van der Waals surface area (Å²) in [6.45, 7) is 0. The fourth-order valence-corrected chi connectivity index (χ4v) is 0.965. The van der Waals surface area contributed by atoms with Gasteiger partial charge in [-0.2, -0.15) is 18.4 Å². The third-order valence-electron chi connectivity index (χ3n) is 1.57. The van der Waals surface area contributed by atoms with Gasteiger partial charge in [0.05, 0.1) is 24.3 Å². The summed E-state index contributed by atoms with van der Waals surface area (Å²) in [7, 11) is 0. The maximum absolute atomic E-state index is 12.9. The van der Waals surface area contributed by atoms with Gasteiger partial charge < -0.3 is 0 Å². The molecule has 0 fully saturated rings. The molecule has 0 atom stereocenters. The summed E-state index contributed by atoms with van der Waals surface area (Å²) in [5, 5.41) is 8.23. The van der Waals surface area contributed by atoms with Gasteiger partial charge >= 0.3 is 6.18 Å². The minimum absolute atomic E-state index is 0.510. The van der Waals surface area contributed by atoms with Crippen LogP contribution in [0.3, 0.4) is 0 Å². The smallest absolute Gasteiger partial charge is 0.261 e. The van der Waals surface area contributed by atoms with Crippen molar-refractivity contribution in [1.29, 1.82) is 5.26 Å². The topological polar surface area (TPSA) is 36.7 Å². The molecular formula is C8H4F4N2. The average Bonchev–Trinajstić information content (AvgIpc) is 2.07. The molecule has 2 nitrogen and oxygen atoms in total. The molecule has 0 saturated heterocycles. The van der Waals surface area contributed by atoms with Gasteiger partial charge in [0, 0.05) is 11.8 Å². The van der Waals surface area contributed by atoms with Gasteiger partial charge in [0.15, 0.2) is 0 Å². The molecule has 0 aromatic carbocycles. The lowest BCUT2D eigenvalue weighted by atomic mass is 10.1. The van der Waals surface area contributed by atoms with Crippen molar-refractivity contribution in [2.45, 2.75) is 12.6 Å². The summed E-state index contributed by atoms with van der Waals surface area (Å²) in [5.41, 5.74) is -1.85. The SMILES string of the molecule is N#CCc1c(F)cncc1C(F)(F)F. The molecule has 74 valence electrons. The lowest BCUT2D eigenvalue weighted by Crippen LogP contribution is -2.11. The maximum atomic E-state index is 12.9. The zero-order valence-electron chi connectivity index (χ0n) is 6.77. The van der Waals surface area contributed by atoms with E-state index in [0.717, 1.165) is 0 Å². The second-order valence-electron chi connectivity index (χ2n) is 2.48. The van der Waals surface area contributed by atoms with Gasteiger partial charge in [-0.15, -0.1) is 0 Å². The van der Waals surface area contributed by atoms with Crippen LogP contribution in [-0.2, 0) is 12.6 Å². The third kappa shape index (κ3) is 1.99. The zero-order valence-corrected chi connectivity index (χ0v) is 6.77. The number of hydrogen-bond donors (Lipinski definition) is 0. The number of pyridine rings is 1. The maximum Gasteiger partial charge on any atom is 0.418 e. The van der Waals surface area contributed by atoms with Crippen LogP contribution in [0.5, 0.6) is 0 Å². The second kappa shape index (κ2) is 3.62. The Labute approximate surface area is 76.8 Å². The minimum Gasteiger partial charge on any atom is -0.261 e. The predicted molar refractivity (Wildman–Crippen MR) is 38.5 cm³/mol. The number of aromatic nitrogens is 1. The van der Waals surface area contributed by atoms with Crippen LogP contribution >= 0.6 is 0 Å². The Morgan fingerprint density at radius 2 is 2.00 bits per heavy atom. The molecular weight excluding hydrogens is 200 g/mol. The largest absolute Gasteiger partial charge is 0.418 e. The van der Waals surface area contributed by atoms with E-state index < -0.39 is 29.5 Å². The molecule has 1 rings (SSSR count). The van der Waals surface area contributed by atoms with E-state index in [9.17, 15) is 17.6 Å². The van der Waals surface area contributed by atoms with E-state index >= 15 is 0 Å². The van der Waals surface area contributed by atoms with Crippen molar-refractivity contribution < 1.29 is 17.6 Å². The van der Waals surface area contributed by atoms with Crippen LogP contribution in [0.2, 0.25) is 0 Å². The van der Waals surface area contributed by atoms with Crippen LogP contribution in [0.1, 0.15) is 11.1 Å². The van der Waals surface area contributed by atoms with Gasteiger partial charge in [-0.05, 0) is 0 Å². The second-order valence-corrected chi connectivity index (χ2v) is 2.48. The van der Waals surface area contributed by atoms with E-state index in [0.29, 0.717) is 12.4 Å². The number of nitrogens with zero attached hydrogens (tertiary/aromatic N) is 2. The standard InChI is InChI=1S/C8H4F4N2/c9-7-4-14-3-6(8(10,11)12)5(7)1-2-13/h3-4H,1H2. The average molecular weight is 204 g/mol. The van der Waals surface area contributed by atoms with Crippen LogP contribution in [-0.4, -0.2) is 4.98 Å². The highest BCUT2D eigenvalue weighted by molar-refractivity contribution is 5.29. The van der Waals surface area contributed by atoms with E-state index in [1.54, 1.807) is 0 Å². The molecule has 0 bridgehead atoms. The molecule has 1 aromatic rings. The zero-order chi connectivity index (χ0) is 10.8. The van der Waals surface area contributed by atoms with Crippen LogP contribution in [0, 0.1) is 17.1 Å². The monoisotopic (exact) mass is 204 g/mol. The first kappa shape index (κ1) is 10.4. The van der Waals surface area contributed by atoms with Gasteiger partial charge in [0.2, 0.25) is 0 Å². The van der Waals surface area contributed by atoms with E-state index in [2.05, 4.69) is 4.98 Å². The molecule has 0 aliphatic rings. The van der Waals surface area contributed by atoms with Crippen LogP contribution < -0.4 is 0 Å². The molecule has 0 N–H and O–H groups in total. The summed E-state index contributed by atoms with van der Waals surface area (Å²) in [5.74, 6) is -1.11. The molecule has 14 heavy (non-hydrogen) atoms. The molecule has 0 amide bonds. The van der Waals surface area contributed by atoms with E-state index in [1.807, 2.05) is 0 Å². The first-order valence-corrected chi connectivity index (χ1v) is 3.53. The summed E-state index contributed by atoms with van der Waals surface area (Å²) >= 11 is 0. The number of nitriles is 1. The Bertz CT molecular complexity index is 378. The molecule has 1 heterocycles. The first-order chi connectivity index (χ1) is 6.46. The van der Waals surface area contributed by atoms with Gasteiger partial charge in [0.25, 0.3) is 0 Å². The molecule has 1 aromatic heterocycles. The Morgan fingerprint density at radius 3 is 2.50 bits per heavy atom. The highest BCUT2D eigenvalue weighted by Crippen LogP contribution is 2.32. The first-order valence-electron chi connectivity index (χ1n) is 3.53. The highest BCUT2D eigenvalue weighted by Gasteiger charge is 2.34. The quantitative estimate of drug-likeness (QED) is 0.658. The normalized spacial score (nSPS) is 11.1. The highest BCUT2D eigenvalue weighted by atomic mass is 19.4. The van der Waals surface area contributed by atoms with E-state index in [4.69, 9.17) is 5.26 Å². The molecule has 0 aliphatic carbocycles. The van der Waals surface area contributed by atoms with Gasteiger partial charge in [-0.1, -0.05) is 0 Å². The summed E-state index contributed by atoms with van der Waals surface area (Å²) in [4.78, 5) is 3.09. The van der Waals surface area contributed by atoms with Crippen molar-refractivity contribution in [2.24, 2.45) is 0 Å². The number of halogens is 4. The van der Waals surface area contributed by atoms with Crippen LogP contribution in [0.25, 0.3) is 0 Å². The number of rotatable bonds is 1. The van der Waals surface area contributed by atoms with Crippen molar-refractivity contribution in [3.8, 4) is 6.07 Å². The van der Waals surface area contributed by atoms with Crippen molar-refractivity contribution in [3.05, 3.63) is 29.3 Å². The van der Waals surface area contributed by atoms with Gasteiger partial charge in [-0.3, -0.25) is 4.98 Å². The number of hydrogen-bond acceptors (Lipinski definition) is 2. The summed E-state index contributed by atoms with van der Waals surface area (Å²) in [6, 6.07) is 1.47. The molecule has 0 saturated carbocycles. The summed E-state index contributed by atoms with van der Waals surface area (Å²) in [6.07, 6.45) is -4.14. The van der Waals surface area contributed by atoms with E-state index in [1.165, 1.54) is 6.07 Å². The molecule has 0 spiro atoms. The lowest BCUT2D eigenvalue weighted by Gasteiger charge is -2.10. The Balaban J connectivity index is 3.30. The molecule has 6 heteroatoms. The predicted octanol–water partition coefficient (Wildman–Crippen LogP) is 2.31. The summed E-state index contributed by atoms with van der Waals surface area (Å²) < 4.78 is 49.6. The van der Waals surface area contributed by atoms with Gasteiger partial charge in [0.1, 0.15) is 5.82 Å². The lowest BCUT2D eigenvalue weighted by molar-refractivity contribution is -0.138. The third-order valence-corrected chi connectivity index (χ3v) is 1.57. The molecule has 0 radical (unpaired) electrons. The fraction of sp³-hybridized carbons (Fsp3) is 0.250.